The van der Waals surface area contributed by atoms with E-state index >= 15 is 0 Å². The number of ketones is 5. The number of allylic oxidation sites excluding steroid dienone is 7. The number of methoxy groups -OCH3 is 3. The predicted molar refractivity (Wildman–Crippen MR) is 418 cm³/mol. The lowest BCUT2D eigenvalue weighted by Crippen LogP contribution is -2.64. The molecule has 2 bridgehead atoms. The van der Waals surface area contributed by atoms with Gasteiger partial charge in [-0.25, -0.2) is 4.79 Å². The van der Waals surface area contributed by atoms with E-state index in [4.69, 9.17) is 28.4 Å². The topological polar surface area (TPSA) is 249 Å². The molecule has 14 atom stereocenters. The number of rotatable bonds is 26. The highest BCUT2D eigenvalue weighted by atomic mass is 32.2. The molecule has 2 aromatic carbocycles. The van der Waals surface area contributed by atoms with E-state index in [-0.39, 0.29) is 67.2 Å². The number of ether oxygens (including phenoxy) is 6. The van der Waals surface area contributed by atoms with Gasteiger partial charge in [0.1, 0.15) is 29.8 Å². The van der Waals surface area contributed by atoms with Crippen LogP contribution in [-0.2, 0) is 63.7 Å². The Hall–Kier alpha value is -5.56. The minimum absolute atomic E-state index is 0.0430. The van der Waals surface area contributed by atoms with Crippen LogP contribution >= 0.6 is 11.8 Å². The van der Waals surface area contributed by atoms with Gasteiger partial charge in [0.05, 0.1) is 30.5 Å². The van der Waals surface area contributed by atoms with E-state index in [1.54, 1.807) is 32.7 Å². The summed E-state index contributed by atoms with van der Waals surface area (Å²) in [5.74, 6) is -6.20. The van der Waals surface area contributed by atoms with E-state index in [0.29, 0.717) is 106 Å². The number of carbonyl (C=O) groups excluding carboxylic acids is 7. The number of hydrogen-bond donors (Lipinski definition) is 3. The fourth-order valence-corrected chi connectivity index (χ4v) is 18.7. The van der Waals surface area contributed by atoms with Gasteiger partial charge in [0.25, 0.3) is 11.7 Å². The third kappa shape index (κ3) is 22.6. The number of piperidine rings is 1. The van der Waals surface area contributed by atoms with Gasteiger partial charge >= 0.3 is 5.97 Å². The van der Waals surface area contributed by atoms with Crippen molar-refractivity contribution < 1.29 is 77.3 Å². The molecule has 5 fully saturated rings. The SMILES string of the molecule is CCN(c1cc(-c2ccc(CN3CCN(CCCC(=O)CCSCCC[C@@H]4/C=C(\C)C[C@H](C)C[C@H](OC)[C@H]5O[C@@](O)(C(=O)C(=O)N6CCCC[C@H]6C(=O)O[C@H](/C(C)=C/[C@@H]6CC[C@@H](O)[C@H](OC)C6)[C@H](C)[C@@H](O)CC4=O)[C@H](C)C[C@@H]5OC)CC3)cc2)cc(C(=O)CCC2=C(C)C=C(C)CC2=O)c1C)C1CCOCC1. The smallest absolute Gasteiger partial charge is 0.329 e. The summed E-state index contributed by atoms with van der Waals surface area (Å²) in [5.41, 5.74) is 10.5. The molecule has 1 amide bonds. The van der Waals surface area contributed by atoms with Gasteiger partial charge in [-0.2, -0.15) is 11.8 Å². The molecule has 107 heavy (non-hydrogen) atoms. The van der Waals surface area contributed by atoms with Crippen LogP contribution in [0.25, 0.3) is 11.1 Å². The van der Waals surface area contributed by atoms with Gasteiger partial charge in [0.15, 0.2) is 11.6 Å². The number of benzene rings is 2. The number of amides is 1. The average Bonchev–Trinajstić information content (AvgIpc) is 0.827. The fourth-order valence-electron chi connectivity index (χ4n) is 17.7. The van der Waals surface area contributed by atoms with Crippen LogP contribution in [0.15, 0.2) is 82.5 Å². The maximum atomic E-state index is 14.8. The van der Waals surface area contributed by atoms with Gasteiger partial charge in [-0.3, -0.25) is 33.7 Å². The lowest BCUT2D eigenvalue weighted by Gasteiger charge is -2.47. The summed E-state index contributed by atoms with van der Waals surface area (Å²) in [6.45, 7) is 25.2. The molecule has 5 aliphatic heterocycles. The van der Waals surface area contributed by atoms with Crippen molar-refractivity contribution in [3.05, 3.63) is 99.2 Å². The van der Waals surface area contributed by atoms with Crippen molar-refractivity contribution in [3.8, 4) is 11.1 Å². The number of nitrogens with zero attached hydrogens (tertiary/aromatic N) is 4. The van der Waals surface area contributed by atoms with Crippen LogP contribution in [0.3, 0.4) is 0 Å². The summed E-state index contributed by atoms with van der Waals surface area (Å²) >= 11 is 1.71. The molecule has 0 radical (unpaired) electrons. The van der Waals surface area contributed by atoms with E-state index in [2.05, 4.69) is 77.9 Å². The van der Waals surface area contributed by atoms with E-state index in [1.807, 2.05) is 39.8 Å². The van der Waals surface area contributed by atoms with E-state index in [9.17, 15) is 48.9 Å². The van der Waals surface area contributed by atoms with E-state index < -0.39 is 90.0 Å². The monoisotopic (exact) mass is 1500 g/mol. The first-order chi connectivity index (χ1) is 51.2. The zero-order chi connectivity index (χ0) is 77.2. The summed E-state index contributed by atoms with van der Waals surface area (Å²) in [6.07, 6.45) is 10.5. The summed E-state index contributed by atoms with van der Waals surface area (Å²) in [7, 11) is 4.64. The highest BCUT2D eigenvalue weighted by Gasteiger charge is 2.57. The highest BCUT2D eigenvalue weighted by molar-refractivity contribution is 7.99. The molecule has 3 N–H and O–H groups in total. The number of aliphatic hydroxyl groups is 3. The molecule has 5 heterocycles. The van der Waals surface area contributed by atoms with Crippen molar-refractivity contribution in [2.24, 2.45) is 29.6 Å². The van der Waals surface area contributed by atoms with Crippen molar-refractivity contribution in [2.45, 2.75) is 258 Å². The van der Waals surface area contributed by atoms with Gasteiger partial charge in [-0.05, 0) is 213 Å². The third-order valence-corrected chi connectivity index (χ3v) is 25.2. The Morgan fingerprint density at radius 3 is 2.15 bits per heavy atom. The van der Waals surface area contributed by atoms with Gasteiger partial charge in [0.2, 0.25) is 5.79 Å². The minimum Gasteiger partial charge on any atom is -0.456 e. The number of thioether (sulfide) groups is 1. The molecule has 0 spiro atoms. The number of cyclic esters (lactones) is 1. The van der Waals surface area contributed by atoms with E-state index in [1.165, 1.54) is 24.7 Å². The molecule has 4 saturated heterocycles. The van der Waals surface area contributed by atoms with Gasteiger partial charge in [-0.15, -0.1) is 0 Å². The summed E-state index contributed by atoms with van der Waals surface area (Å²) in [6, 6.07) is 12.2. The maximum absolute atomic E-state index is 14.8. The van der Waals surface area contributed by atoms with Crippen molar-refractivity contribution in [1.82, 2.24) is 14.7 Å². The Bertz CT molecular complexity index is 3500. The molecule has 1 saturated carbocycles. The molecule has 20 nitrogen and oxygen atoms in total. The first-order valence-electron chi connectivity index (χ1n) is 40.1. The Morgan fingerprint density at radius 2 is 1.46 bits per heavy atom. The number of anilines is 1. The number of hydrogen-bond acceptors (Lipinski definition) is 20. The highest BCUT2D eigenvalue weighted by Crippen LogP contribution is 2.41. The van der Waals surface area contributed by atoms with Gasteiger partial charge in [-0.1, -0.05) is 74.4 Å². The molecule has 592 valence electrons. The predicted octanol–water partition coefficient (Wildman–Crippen LogP) is 12.3. The molecule has 21 heteroatoms. The Balaban J connectivity index is 0.784. The van der Waals surface area contributed by atoms with E-state index in [0.717, 1.165) is 129 Å². The minimum atomic E-state index is -2.56. The maximum Gasteiger partial charge on any atom is 0.329 e. The molecule has 7 aliphatic rings. The molecule has 2 aliphatic carbocycles. The summed E-state index contributed by atoms with van der Waals surface area (Å²) in [4.78, 5) is 108. The Kier molecular flexibility index (Phi) is 32.4. The first kappa shape index (κ1) is 85.4. The largest absolute Gasteiger partial charge is 0.456 e. The zero-order valence-electron chi connectivity index (χ0n) is 66.3. The quantitative estimate of drug-likeness (QED) is 0.0260. The number of piperazine rings is 1. The van der Waals surface area contributed by atoms with Crippen LogP contribution in [0.4, 0.5) is 5.69 Å². The van der Waals surface area contributed by atoms with Crippen LogP contribution in [0, 0.1) is 36.5 Å². The lowest BCUT2D eigenvalue weighted by molar-refractivity contribution is -0.302. The second-order valence-corrected chi connectivity index (χ2v) is 33.4. The van der Waals surface area contributed by atoms with Crippen LogP contribution in [0.1, 0.15) is 205 Å². The molecule has 0 aromatic heterocycles. The van der Waals surface area contributed by atoms with Crippen LogP contribution in [0.2, 0.25) is 0 Å². The normalized spacial score (nSPS) is 30.5. The number of fused-ring (bicyclic) bond motifs is 3. The zero-order valence-corrected chi connectivity index (χ0v) is 67.1. The first-order valence-corrected chi connectivity index (χ1v) is 41.2. The molecule has 9 rings (SSSR count). The Labute approximate surface area is 641 Å². The number of esters is 1. The van der Waals surface area contributed by atoms with Crippen LogP contribution in [-0.4, -0.2) is 223 Å². The number of Topliss-reactive ketones (excluding diaryl/α,β-unsaturated/α-hetero) is 5. The molecule has 0 unspecified atom stereocenters. The molecule has 2 aromatic rings. The fraction of sp³-hybridized carbons (Fsp3) is 0.686. The molecular formula is C86H126N4O16S. The lowest BCUT2D eigenvalue weighted by atomic mass is 9.81. The van der Waals surface area contributed by atoms with Crippen LogP contribution in [0.5, 0.6) is 0 Å². The summed E-state index contributed by atoms with van der Waals surface area (Å²) in [5, 5.41) is 35.2. The molecular weight excluding hydrogens is 1380 g/mol. The standard InChI is InChI=1S/C86H126N4O16S/c1-13-89(67-29-38-104-39-30-67)72-51-66(50-70(60(72)8)73(92)28-26-69-57(5)43-56(4)45-77(69)96)64-24-21-62(22-25-64)53-88-36-34-87(35-37-88)32-16-19-68(91)31-41-107-40-17-18-65-44-54(2)42-55(3)46-79(102-11)82-80(103-12)48-59(7)86(100,106-82)83(97)84(98)90-33-15-14-20-71(90)85(99)105-81(61(9)75(94)52-76(65)95)58(6)47-63-23-27-74(93)78(49-63)101-10/h21-22,24-25,43-44,47,50-51,55,59,61,63,65,67,71,74-75,78-82,93-94,100H,13-20,23,26-42,45-46,48-49,52-53H2,1-12H3/b54-44+,58-47+/t55-,59+,61+,63-,65+,71-,74+,75-,78+,79-,80-,81+,82+,86+/m0/s1. The van der Waals surface area contributed by atoms with Gasteiger partial charge < -0.3 is 58.4 Å². The second-order valence-electron chi connectivity index (χ2n) is 32.2. The van der Waals surface area contributed by atoms with Crippen molar-refractivity contribution in [2.75, 3.05) is 96.8 Å². The number of aliphatic hydroxyl groups excluding tert-OH is 2. The Morgan fingerprint density at radius 1 is 0.757 bits per heavy atom. The number of carbonyl (C=O) groups is 7. The van der Waals surface area contributed by atoms with Crippen molar-refractivity contribution >= 4 is 58.2 Å². The van der Waals surface area contributed by atoms with Crippen molar-refractivity contribution in [3.63, 3.8) is 0 Å². The second kappa shape index (κ2) is 40.6. The van der Waals surface area contributed by atoms with Crippen LogP contribution < -0.4 is 4.90 Å². The third-order valence-electron chi connectivity index (χ3n) is 24.1. The summed E-state index contributed by atoms with van der Waals surface area (Å²) < 4.78 is 36.2. The van der Waals surface area contributed by atoms with Crippen molar-refractivity contribution in [1.29, 1.82) is 0 Å². The average molecular weight is 1500 g/mol. The van der Waals surface area contributed by atoms with Gasteiger partial charge in [0, 0.05) is 153 Å².